The first-order chi connectivity index (χ1) is 6.15. The van der Waals surface area contributed by atoms with Crippen molar-refractivity contribution < 1.29 is 4.79 Å². The lowest BCUT2D eigenvalue weighted by molar-refractivity contribution is -0.122. The molecule has 76 valence electrons. The van der Waals surface area contributed by atoms with Crippen molar-refractivity contribution in [1.29, 1.82) is 0 Å². The zero-order valence-electron chi connectivity index (χ0n) is 8.12. The summed E-state index contributed by atoms with van der Waals surface area (Å²) < 4.78 is 0. The third-order valence-electron chi connectivity index (χ3n) is 2.70. The van der Waals surface area contributed by atoms with E-state index in [4.69, 9.17) is 11.5 Å². The van der Waals surface area contributed by atoms with Gasteiger partial charge in [0.15, 0.2) is 0 Å². The molecule has 1 aliphatic carbocycles. The maximum atomic E-state index is 11.3. The van der Waals surface area contributed by atoms with E-state index >= 15 is 0 Å². The van der Waals surface area contributed by atoms with Crippen LogP contribution in [0.4, 0.5) is 0 Å². The number of amides is 1. The lowest BCUT2D eigenvalue weighted by Crippen LogP contribution is -2.46. The van der Waals surface area contributed by atoms with Gasteiger partial charge in [-0.3, -0.25) is 4.79 Å². The molecule has 13 heavy (non-hydrogen) atoms. The summed E-state index contributed by atoms with van der Waals surface area (Å²) in [4.78, 5) is 11.3. The summed E-state index contributed by atoms with van der Waals surface area (Å²) in [6, 6.07) is -0.164. The second-order valence-electron chi connectivity index (χ2n) is 3.83. The summed E-state index contributed by atoms with van der Waals surface area (Å²) in [7, 11) is 0. The van der Waals surface area contributed by atoms with E-state index in [0.29, 0.717) is 12.5 Å². The molecule has 0 aromatic heterocycles. The molecule has 0 saturated heterocycles. The maximum absolute atomic E-state index is 11.3. The Morgan fingerprint density at radius 1 is 1.62 bits per heavy atom. The van der Waals surface area contributed by atoms with E-state index in [0.717, 1.165) is 19.3 Å². The molecule has 0 aromatic carbocycles. The molecule has 1 aliphatic rings. The summed E-state index contributed by atoms with van der Waals surface area (Å²) in [5, 5.41) is 2.94. The van der Waals surface area contributed by atoms with Crippen molar-refractivity contribution in [1.82, 2.24) is 5.32 Å². The van der Waals surface area contributed by atoms with Gasteiger partial charge < -0.3 is 16.8 Å². The molecule has 0 aromatic rings. The minimum atomic E-state index is -0.418. The van der Waals surface area contributed by atoms with Crippen LogP contribution in [0.1, 0.15) is 26.2 Å². The molecule has 4 heteroatoms. The van der Waals surface area contributed by atoms with Crippen molar-refractivity contribution in [3.8, 4) is 0 Å². The van der Waals surface area contributed by atoms with Gasteiger partial charge in [-0.1, -0.05) is 6.42 Å². The van der Waals surface area contributed by atoms with Gasteiger partial charge in [0, 0.05) is 6.04 Å². The molecule has 3 atom stereocenters. The Morgan fingerprint density at radius 3 is 2.85 bits per heavy atom. The molecule has 0 bridgehead atoms. The Labute approximate surface area is 79.0 Å². The Hall–Kier alpha value is -0.610. The van der Waals surface area contributed by atoms with Crippen molar-refractivity contribution in [2.45, 2.75) is 38.3 Å². The SMILES string of the molecule is C[C@H](N)C(=O)NC1CCCC1CN. The highest BCUT2D eigenvalue weighted by Gasteiger charge is 2.27. The van der Waals surface area contributed by atoms with Crippen LogP contribution >= 0.6 is 0 Å². The smallest absolute Gasteiger partial charge is 0.236 e. The first kappa shape index (κ1) is 10.5. The number of carbonyl (C=O) groups is 1. The molecule has 1 amide bonds. The van der Waals surface area contributed by atoms with Gasteiger partial charge in [0.2, 0.25) is 5.91 Å². The molecule has 0 heterocycles. The fourth-order valence-corrected chi connectivity index (χ4v) is 1.82. The second-order valence-corrected chi connectivity index (χ2v) is 3.83. The van der Waals surface area contributed by atoms with Gasteiger partial charge in [-0.05, 0) is 32.2 Å². The Kier molecular flexibility index (Phi) is 3.69. The molecule has 2 unspecified atom stereocenters. The maximum Gasteiger partial charge on any atom is 0.236 e. The number of nitrogens with two attached hydrogens (primary N) is 2. The first-order valence-electron chi connectivity index (χ1n) is 4.91. The van der Waals surface area contributed by atoms with E-state index in [1.807, 2.05) is 0 Å². The van der Waals surface area contributed by atoms with Crippen molar-refractivity contribution in [3.63, 3.8) is 0 Å². The van der Waals surface area contributed by atoms with Crippen LogP contribution in [0.5, 0.6) is 0 Å². The highest BCUT2D eigenvalue weighted by molar-refractivity contribution is 5.81. The van der Waals surface area contributed by atoms with Crippen LogP contribution in [0.3, 0.4) is 0 Å². The van der Waals surface area contributed by atoms with Crippen molar-refractivity contribution in [3.05, 3.63) is 0 Å². The van der Waals surface area contributed by atoms with E-state index < -0.39 is 6.04 Å². The minimum absolute atomic E-state index is 0.0645. The van der Waals surface area contributed by atoms with E-state index in [1.54, 1.807) is 6.92 Å². The fourth-order valence-electron chi connectivity index (χ4n) is 1.82. The predicted octanol–water partition coefficient (Wildman–Crippen LogP) is -0.423. The van der Waals surface area contributed by atoms with E-state index in [9.17, 15) is 4.79 Å². The molecule has 1 saturated carbocycles. The summed E-state index contributed by atoms with van der Waals surface area (Å²) >= 11 is 0. The van der Waals surface area contributed by atoms with Gasteiger partial charge >= 0.3 is 0 Å². The molecule has 0 radical (unpaired) electrons. The van der Waals surface area contributed by atoms with Crippen LogP contribution in [0, 0.1) is 5.92 Å². The van der Waals surface area contributed by atoms with Crippen LogP contribution in [0.15, 0.2) is 0 Å². The molecule has 4 nitrogen and oxygen atoms in total. The lowest BCUT2D eigenvalue weighted by atomic mass is 10.0. The van der Waals surface area contributed by atoms with Gasteiger partial charge in [-0.15, -0.1) is 0 Å². The van der Waals surface area contributed by atoms with Crippen LogP contribution in [0.2, 0.25) is 0 Å². The third-order valence-corrected chi connectivity index (χ3v) is 2.70. The van der Waals surface area contributed by atoms with Crippen LogP contribution in [0.25, 0.3) is 0 Å². The third kappa shape index (κ3) is 2.67. The number of hydrogen-bond acceptors (Lipinski definition) is 3. The summed E-state index contributed by atoms with van der Waals surface area (Å²) in [6.45, 7) is 2.35. The molecule has 1 fully saturated rings. The number of hydrogen-bond donors (Lipinski definition) is 3. The van der Waals surface area contributed by atoms with Crippen molar-refractivity contribution >= 4 is 5.91 Å². The Balaban J connectivity index is 2.39. The van der Waals surface area contributed by atoms with Gasteiger partial charge in [0.1, 0.15) is 0 Å². The fraction of sp³-hybridized carbons (Fsp3) is 0.889. The number of rotatable bonds is 3. The first-order valence-corrected chi connectivity index (χ1v) is 4.91. The summed E-state index contributed by atoms with van der Waals surface area (Å²) in [5.41, 5.74) is 11.1. The van der Waals surface area contributed by atoms with E-state index in [-0.39, 0.29) is 11.9 Å². The average Bonchev–Trinajstić information content (AvgIpc) is 2.51. The highest BCUT2D eigenvalue weighted by atomic mass is 16.2. The van der Waals surface area contributed by atoms with E-state index in [2.05, 4.69) is 5.32 Å². The Morgan fingerprint density at radius 2 is 2.31 bits per heavy atom. The van der Waals surface area contributed by atoms with Crippen LogP contribution in [-0.4, -0.2) is 24.5 Å². The minimum Gasteiger partial charge on any atom is -0.352 e. The molecule has 0 spiro atoms. The van der Waals surface area contributed by atoms with Gasteiger partial charge in [-0.25, -0.2) is 0 Å². The van der Waals surface area contributed by atoms with Gasteiger partial charge in [-0.2, -0.15) is 0 Å². The van der Waals surface area contributed by atoms with Crippen LogP contribution in [-0.2, 0) is 4.79 Å². The largest absolute Gasteiger partial charge is 0.352 e. The standard InChI is InChI=1S/C9H19N3O/c1-6(11)9(13)12-8-4-2-3-7(8)5-10/h6-8H,2-5,10-11H2,1H3,(H,12,13)/t6-,7?,8?/m0/s1. The van der Waals surface area contributed by atoms with Crippen molar-refractivity contribution in [2.24, 2.45) is 17.4 Å². The molecular weight excluding hydrogens is 166 g/mol. The van der Waals surface area contributed by atoms with E-state index in [1.165, 1.54) is 0 Å². The Bertz CT molecular complexity index is 182. The average molecular weight is 185 g/mol. The quantitative estimate of drug-likeness (QED) is 0.558. The van der Waals surface area contributed by atoms with Gasteiger partial charge in [0.05, 0.1) is 6.04 Å². The van der Waals surface area contributed by atoms with Crippen LogP contribution < -0.4 is 16.8 Å². The normalized spacial score (nSPS) is 30.1. The molecular formula is C9H19N3O. The predicted molar refractivity (Wildman–Crippen MR) is 52.0 cm³/mol. The van der Waals surface area contributed by atoms with Gasteiger partial charge in [0.25, 0.3) is 0 Å². The monoisotopic (exact) mass is 185 g/mol. The zero-order chi connectivity index (χ0) is 9.84. The second kappa shape index (κ2) is 4.58. The molecule has 1 rings (SSSR count). The highest BCUT2D eigenvalue weighted by Crippen LogP contribution is 2.24. The lowest BCUT2D eigenvalue weighted by Gasteiger charge is -2.20. The zero-order valence-corrected chi connectivity index (χ0v) is 8.12. The number of carbonyl (C=O) groups excluding carboxylic acids is 1. The summed E-state index contributed by atoms with van der Waals surface area (Å²) in [6.07, 6.45) is 3.33. The molecule has 0 aliphatic heterocycles. The summed E-state index contributed by atoms with van der Waals surface area (Å²) in [5.74, 6) is 0.382. The van der Waals surface area contributed by atoms with Crippen molar-refractivity contribution in [2.75, 3.05) is 6.54 Å². The topological polar surface area (TPSA) is 81.1 Å². The number of nitrogens with one attached hydrogen (secondary N) is 1. The molecule has 5 N–H and O–H groups in total.